The average molecular weight is 445 g/mol. The van der Waals surface area contributed by atoms with Gasteiger partial charge in [-0.25, -0.2) is 4.79 Å². The molecule has 1 aromatic carbocycles. The van der Waals surface area contributed by atoms with E-state index in [2.05, 4.69) is 22.5 Å². The highest BCUT2D eigenvalue weighted by atomic mass is 16.2. The number of aryl methyl sites for hydroxylation is 1. The predicted molar refractivity (Wildman–Crippen MR) is 133 cm³/mol. The van der Waals surface area contributed by atoms with Crippen molar-refractivity contribution in [1.82, 2.24) is 15.1 Å². The Labute approximate surface area is 195 Å². The molecule has 0 spiro atoms. The van der Waals surface area contributed by atoms with Gasteiger partial charge in [-0.2, -0.15) is 0 Å². The Hall–Kier alpha value is -2.08. The van der Waals surface area contributed by atoms with Crippen LogP contribution in [0.5, 0.6) is 0 Å². The molecule has 6 nitrogen and oxygen atoms in total. The average Bonchev–Trinajstić information content (AvgIpc) is 2.80. The molecular weight excluding hydrogens is 400 g/mol. The first kappa shape index (κ1) is 26.2. The first-order chi connectivity index (χ1) is 15.6. The summed E-state index contributed by atoms with van der Waals surface area (Å²) in [4.78, 5) is 28.6. The molecule has 2 N–H and O–H groups in total. The third-order valence-corrected chi connectivity index (χ3v) is 6.22. The lowest BCUT2D eigenvalue weighted by atomic mass is 10.1. The number of nitrogens with zero attached hydrogens (tertiary/aromatic N) is 2. The van der Waals surface area contributed by atoms with Gasteiger partial charge in [-0.1, -0.05) is 76.0 Å². The Morgan fingerprint density at radius 2 is 1.44 bits per heavy atom. The van der Waals surface area contributed by atoms with Crippen LogP contribution in [0.3, 0.4) is 0 Å². The number of carbonyl (C=O) groups is 2. The monoisotopic (exact) mass is 444 g/mol. The molecule has 6 heteroatoms. The molecule has 180 valence electrons. The van der Waals surface area contributed by atoms with E-state index in [1.165, 1.54) is 50.5 Å². The largest absolute Gasteiger partial charge is 0.355 e. The van der Waals surface area contributed by atoms with Gasteiger partial charge in [-0.15, -0.1) is 0 Å². The molecule has 0 bridgehead atoms. The highest BCUT2D eigenvalue weighted by molar-refractivity contribution is 5.89. The van der Waals surface area contributed by atoms with E-state index < -0.39 is 0 Å². The van der Waals surface area contributed by atoms with Crippen molar-refractivity contribution in [3.8, 4) is 0 Å². The van der Waals surface area contributed by atoms with E-state index >= 15 is 0 Å². The third-order valence-electron chi connectivity index (χ3n) is 6.22. The fourth-order valence-electron chi connectivity index (χ4n) is 4.05. The van der Waals surface area contributed by atoms with Crippen molar-refractivity contribution in [2.75, 3.05) is 44.6 Å². The van der Waals surface area contributed by atoms with Crippen LogP contribution in [-0.2, 0) is 4.79 Å². The second-order valence-corrected chi connectivity index (χ2v) is 9.05. The van der Waals surface area contributed by atoms with Gasteiger partial charge in [-0.05, 0) is 25.5 Å². The van der Waals surface area contributed by atoms with Crippen LogP contribution in [0.15, 0.2) is 24.3 Å². The van der Waals surface area contributed by atoms with Crippen LogP contribution in [0.1, 0.15) is 76.7 Å². The zero-order valence-electron chi connectivity index (χ0n) is 20.3. The molecule has 0 radical (unpaired) electrons. The number of urea groups is 1. The van der Waals surface area contributed by atoms with Gasteiger partial charge in [0.15, 0.2) is 0 Å². The Kier molecular flexibility index (Phi) is 12.8. The zero-order chi connectivity index (χ0) is 23.0. The molecule has 1 heterocycles. The molecule has 2 rings (SSSR count). The van der Waals surface area contributed by atoms with E-state index in [0.29, 0.717) is 26.1 Å². The summed E-state index contributed by atoms with van der Waals surface area (Å²) < 4.78 is 0. The molecule has 0 aromatic heterocycles. The minimum absolute atomic E-state index is 0.0391. The van der Waals surface area contributed by atoms with Crippen molar-refractivity contribution >= 4 is 17.6 Å². The number of unbranched alkanes of at least 4 members (excludes halogenated alkanes) is 8. The van der Waals surface area contributed by atoms with E-state index in [1.54, 1.807) is 0 Å². The lowest BCUT2D eigenvalue weighted by molar-refractivity contribution is -0.121. The molecule has 1 saturated heterocycles. The highest BCUT2D eigenvalue weighted by Crippen LogP contribution is 2.12. The third kappa shape index (κ3) is 11.0. The minimum atomic E-state index is -0.0391. The molecule has 1 aliphatic rings. The lowest BCUT2D eigenvalue weighted by Gasteiger charge is -2.34. The van der Waals surface area contributed by atoms with Gasteiger partial charge in [0.05, 0.1) is 0 Å². The fraction of sp³-hybridized carbons (Fsp3) is 0.692. The molecule has 1 aromatic rings. The lowest BCUT2D eigenvalue weighted by Crippen LogP contribution is -2.51. The van der Waals surface area contributed by atoms with Crippen molar-refractivity contribution in [1.29, 1.82) is 0 Å². The molecule has 32 heavy (non-hydrogen) atoms. The Balaban J connectivity index is 1.46. The maximum Gasteiger partial charge on any atom is 0.321 e. The quantitative estimate of drug-likeness (QED) is 0.389. The number of benzene rings is 1. The molecule has 3 amide bonds. The van der Waals surface area contributed by atoms with Crippen LogP contribution < -0.4 is 10.6 Å². The van der Waals surface area contributed by atoms with Gasteiger partial charge in [0, 0.05) is 51.4 Å². The first-order valence-corrected chi connectivity index (χ1v) is 12.7. The summed E-state index contributed by atoms with van der Waals surface area (Å²) in [5.41, 5.74) is 2.01. The summed E-state index contributed by atoms with van der Waals surface area (Å²) in [7, 11) is 0. The number of hydrogen-bond donors (Lipinski definition) is 2. The van der Waals surface area contributed by atoms with Crippen LogP contribution in [0.4, 0.5) is 10.5 Å². The minimum Gasteiger partial charge on any atom is -0.355 e. The highest BCUT2D eigenvalue weighted by Gasteiger charge is 2.20. The van der Waals surface area contributed by atoms with E-state index in [9.17, 15) is 9.59 Å². The number of carbonyl (C=O) groups excluding carboxylic acids is 2. The van der Waals surface area contributed by atoms with Gasteiger partial charge < -0.3 is 15.5 Å². The number of hydrogen-bond acceptors (Lipinski definition) is 3. The maximum atomic E-state index is 12.4. The molecule has 0 saturated carbocycles. The Morgan fingerprint density at radius 1 is 0.844 bits per heavy atom. The summed E-state index contributed by atoms with van der Waals surface area (Å²) in [5, 5.41) is 6.02. The second-order valence-electron chi connectivity index (χ2n) is 9.05. The van der Waals surface area contributed by atoms with Crippen LogP contribution >= 0.6 is 0 Å². The van der Waals surface area contributed by atoms with Gasteiger partial charge in [0.2, 0.25) is 5.91 Å². The number of amides is 3. The molecule has 1 aliphatic heterocycles. The molecular formula is C26H44N4O2. The van der Waals surface area contributed by atoms with Crippen LogP contribution in [0, 0.1) is 6.92 Å². The normalized spacial score (nSPS) is 14.4. The molecule has 0 aliphatic carbocycles. The van der Waals surface area contributed by atoms with E-state index in [0.717, 1.165) is 38.2 Å². The number of nitrogens with one attached hydrogen (secondary N) is 2. The Bertz CT molecular complexity index is 654. The maximum absolute atomic E-state index is 12.4. The molecule has 0 atom stereocenters. The summed E-state index contributed by atoms with van der Waals surface area (Å²) >= 11 is 0. The summed E-state index contributed by atoms with van der Waals surface area (Å²) in [6.07, 6.45) is 12.1. The molecule has 0 unspecified atom stereocenters. The SMILES string of the molecule is CCCCCCCCCCCC(=O)NCCN1CCN(C(=O)Nc2ccc(C)cc2)CC1. The summed E-state index contributed by atoms with van der Waals surface area (Å²) in [6.45, 7) is 8.92. The van der Waals surface area contributed by atoms with Gasteiger partial charge in [-0.3, -0.25) is 9.69 Å². The molecule has 1 fully saturated rings. The number of anilines is 1. The Morgan fingerprint density at radius 3 is 2.06 bits per heavy atom. The van der Waals surface area contributed by atoms with Crippen molar-refractivity contribution in [3.05, 3.63) is 29.8 Å². The fourth-order valence-corrected chi connectivity index (χ4v) is 4.05. The van der Waals surface area contributed by atoms with E-state index in [4.69, 9.17) is 0 Å². The van der Waals surface area contributed by atoms with Crippen molar-refractivity contribution < 1.29 is 9.59 Å². The topological polar surface area (TPSA) is 64.7 Å². The van der Waals surface area contributed by atoms with Crippen LogP contribution in [0.2, 0.25) is 0 Å². The standard InChI is InChI=1S/C26H44N4O2/c1-3-4-5-6-7-8-9-10-11-12-25(31)27-17-18-29-19-21-30(22-20-29)26(32)28-24-15-13-23(2)14-16-24/h13-16H,3-12,17-22H2,1-2H3,(H,27,31)(H,28,32). The van der Waals surface area contributed by atoms with Crippen LogP contribution in [-0.4, -0.2) is 61.0 Å². The summed E-state index contributed by atoms with van der Waals surface area (Å²) in [5.74, 6) is 0.170. The van der Waals surface area contributed by atoms with Gasteiger partial charge in [0.25, 0.3) is 0 Å². The van der Waals surface area contributed by atoms with E-state index in [1.807, 2.05) is 36.1 Å². The smallest absolute Gasteiger partial charge is 0.321 e. The van der Waals surface area contributed by atoms with Crippen molar-refractivity contribution in [3.63, 3.8) is 0 Å². The number of rotatable bonds is 14. The zero-order valence-corrected chi connectivity index (χ0v) is 20.3. The van der Waals surface area contributed by atoms with Gasteiger partial charge >= 0.3 is 6.03 Å². The summed E-state index contributed by atoms with van der Waals surface area (Å²) in [6, 6.07) is 7.82. The number of piperazine rings is 1. The van der Waals surface area contributed by atoms with Crippen LogP contribution in [0.25, 0.3) is 0 Å². The van der Waals surface area contributed by atoms with Gasteiger partial charge in [0.1, 0.15) is 0 Å². The predicted octanol–water partition coefficient (Wildman–Crippen LogP) is 5.18. The van der Waals surface area contributed by atoms with E-state index in [-0.39, 0.29) is 11.9 Å². The van der Waals surface area contributed by atoms with Crippen molar-refractivity contribution in [2.45, 2.75) is 78.1 Å². The van der Waals surface area contributed by atoms with Crippen molar-refractivity contribution in [2.24, 2.45) is 0 Å². The first-order valence-electron chi connectivity index (χ1n) is 12.7. The second kappa shape index (κ2) is 15.7.